The number of aromatic hydroxyl groups is 2. The smallest absolute Gasteiger partial charge is 0.120 e. The van der Waals surface area contributed by atoms with Crippen molar-refractivity contribution in [2.45, 2.75) is 5.92 Å². The number of hydrogen-bond acceptors (Lipinski definition) is 4. The molecule has 2 N–H and O–H groups in total. The van der Waals surface area contributed by atoms with Gasteiger partial charge in [-0.3, -0.25) is 0 Å². The second-order valence-electron chi connectivity index (χ2n) is 8.35. The number of rotatable bonds is 5. The van der Waals surface area contributed by atoms with Gasteiger partial charge < -0.3 is 20.0 Å². The van der Waals surface area contributed by atoms with Gasteiger partial charge in [-0.25, -0.2) is 0 Å². The monoisotopic (exact) mass is 412 g/mol. The molecule has 0 aliphatic rings. The molecule has 0 unspecified atom stereocenters. The van der Waals surface area contributed by atoms with E-state index in [4.69, 9.17) is 0 Å². The minimum atomic E-state index is -0.120. The molecule has 0 heterocycles. The summed E-state index contributed by atoms with van der Waals surface area (Å²) in [5.41, 5.74) is 5.31. The molecule has 4 nitrogen and oxygen atoms in total. The van der Waals surface area contributed by atoms with Crippen molar-refractivity contribution in [1.82, 2.24) is 0 Å². The van der Waals surface area contributed by atoms with E-state index in [1.54, 1.807) is 18.2 Å². The number of nitrogens with zero attached hydrogens (tertiary/aromatic N) is 2. The quantitative estimate of drug-likeness (QED) is 0.421. The zero-order valence-electron chi connectivity index (χ0n) is 18.4. The van der Waals surface area contributed by atoms with E-state index in [2.05, 4.69) is 58.3 Å². The highest BCUT2D eigenvalue weighted by molar-refractivity contribution is 5.86. The summed E-state index contributed by atoms with van der Waals surface area (Å²) >= 11 is 0. The Morgan fingerprint density at radius 1 is 0.581 bits per heavy atom. The molecule has 4 aromatic carbocycles. The van der Waals surface area contributed by atoms with Gasteiger partial charge >= 0.3 is 0 Å². The van der Waals surface area contributed by atoms with Crippen LogP contribution < -0.4 is 9.80 Å². The van der Waals surface area contributed by atoms with E-state index in [-0.39, 0.29) is 17.4 Å². The normalized spacial score (nSPS) is 11.1. The lowest BCUT2D eigenvalue weighted by Crippen LogP contribution is -2.10. The first kappa shape index (κ1) is 20.6. The molecule has 0 aliphatic heterocycles. The Morgan fingerprint density at radius 3 is 1.58 bits per heavy atom. The van der Waals surface area contributed by atoms with Gasteiger partial charge in [0.05, 0.1) is 0 Å². The number of phenolic OH excluding ortho intramolecular Hbond substituents is 2. The molecule has 0 atom stereocenters. The van der Waals surface area contributed by atoms with Crippen LogP contribution in [-0.4, -0.2) is 38.4 Å². The van der Waals surface area contributed by atoms with Crippen LogP contribution in [0.4, 0.5) is 11.4 Å². The van der Waals surface area contributed by atoms with E-state index in [0.717, 1.165) is 38.8 Å². The van der Waals surface area contributed by atoms with Crippen molar-refractivity contribution < 1.29 is 10.2 Å². The van der Waals surface area contributed by atoms with Crippen LogP contribution in [0.15, 0.2) is 78.9 Å². The Balaban J connectivity index is 1.88. The topological polar surface area (TPSA) is 46.9 Å². The summed E-state index contributed by atoms with van der Waals surface area (Å²) in [5.74, 6) is 0.289. The van der Waals surface area contributed by atoms with Gasteiger partial charge in [-0.05, 0) is 70.4 Å². The Kier molecular flexibility index (Phi) is 5.47. The summed E-state index contributed by atoms with van der Waals surface area (Å²) in [4.78, 5) is 4.15. The zero-order valence-corrected chi connectivity index (χ0v) is 18.4. The van der Waals surface area contributed by atoms with Gasteiger partial charge in [0, 0.05) is 51.0 Å². The van der Waals surface area contributed by atoms with Crippen LogP contribution in [0.25, 0.3) is 10.8 Å². The van der Waals surface area contributed by atoms with Crippen molar-refractivity contribution in [2.75, 3.05) is 38.0 Å². The third kappa shape index (κ3) is 4.15. The highest BCUT2D eigenvalue weighted by Gasteiger charge is 2.21. The Hall–Kier alpha value is -3.66. The van der Waals surface area contributed by atoms with E-state index in [1.165, 1.54) is 0 Å². The molecule has 4 rings (SSSR count). The maximum Gasteiger partial charge on any atom is 0.120 e. The minimum Gasteiger partial charge on any atom is -0.508 e. The van der Waals surface area contributed by atoms with E-state index < -0.39 is 0 Å². The predicted molar refractivity (Wildman–Crippen MR) is 130 cm³/mol. The van der Waals surface area contributed by atoms with Gasteiger partial charge in [-0.1, -0.05) is 30.3 Å². The van der Waals surface area contributed by atoms with Gasteiger partial charge in [-0.15, -0.1) is 0 Å². The average molecular weight is 413 g/mol. The van der Waals surface area contributed by atoms with E-state index in [1.807, 2.05) is 40.3 Å². The molecule has 0 saturated carbocycles. The summed E-state index contributed by atoms with van der Waals surface area (Å²) in [7, 11) is 8.10. The van der Waals surface area contributed by atoms with Crippen molar-refractivity contribution in [3.63, 3.8) is 0 Å². The molecule has 0 aromatic heterocycles. The lowest BCUT2D eigenvalue weighted by Gasteiger charge is -2.23. The molecule has 0 amide bonds. The molecule has 0 radical (unpaired) electrons. The summed E-state index contributed by atoms with van der Waals surface area (Å²) in [6.07, 6.45) is 0. The standard InChI is InChI=1S/C27H28N2O2/c1-28(2)22-10-5-18(6-11-22)27(19-7-12-23(13-8-19)29(3)4)25-16-20-9-14-24(30)15-21(20)17-26(25)31/h5-17,27,30-31H,1-4H3. The van der Waals surface area contributed by atoms with E-state index in [0.29, 0.717) is 0 Å². The molecular formula is C27H28N2O2. The molecule has 0 spiro atoms. The third-order valence-electron chi connectivity index (χ3n) is 5.77. The Morgan fingerprint density at radius 2 is 1.10 bits per heavy atom. The summed E-state index contributed by atoms with van der Waals surface area (Å²) in [6, 6.07) is 25.9. The summed E-state index contributed by atoms with van der Waals surface area (Å²) in [5, 5.41) is 22.6. The number of hydrogen-bond donors (Lipinski definition) is 2. The van der Waals surface area contributed by atoms with Crippen molar-refractivity contribution >= 4 is 22.1 Å². The largest absolute Gasteiger partial charge is 0.508 e. The summed E-state index contributed by atoms with van der Waals surface area (Å²) < 4.78 is 0. The zero-order chi connectivity index (χ0) is 22.1. The molecule has 0 fully saturated rings. The number of phenols is 2. The van der Waals surface area contributed by atoms with Gasteiger partial charge in [0.25, 0.3) is 0 Å². The third-order valence-corrected chi connectivity index (χ3v) is 5.77. The highest BCUT2D eigenvalue weighted by Crippen LogP contribution is 2.40. The highest BCUT2D eigenvalue weighted by atomic mass is 16.3. The SMILES string of the molecule is CN(C)c1ccc(C(c2ccc(N(C)C)cc2)c2cc3ccc(O)cc3cc2O)cc1. The summed E-state index contributed by atoms with van der Waals surface area (Å²) in [6.45, 7) is 0. The van der Waals surface area contributed by atoms with Crippen LogP contribution in [0.2, 0.25) is 0 Å². The maximum atomic E-state index is 11.0. The molecule has 4 aromatic rings. The van der Waals surface area contributed by atoms with Gasteiger partial charge in [0.15, 0.2) is 0 Å². The van der Waals surface area contributed by atoms with Crippen LogP contribution >= 0.6 is 0 Å². The molecule has 158 valence electrons. The fourth-order valence-corrected chi connectivity index (χ4v) is 4.00. The van der Waals surface area contributed by atoms with Gasteiger partial charge in [-0.2, -0.15) is 0 Å². The molecular weight excluding hydrogens is 384 g/mol. The van der Waals surface area contributed by atoms with Crippen molar-refractivity contribution in [2.24, 2.45) is 0 Å². The second kappa shape index (κ2) is 8.23. The van der Waals surface area contributed by atoms with Crippen LogP contribution in [-0.2, 0) is 0 Å². The van der Waals surface area contributed by atoms with Crippen LogP contribution in [0, 0.1) is 0 Å². The van der Waals surface area contributed by atoms with Crippen molar-refractivity contribution in [1.29, 1.82) is 0 Å². The van der Waals surface area contributed by atoms with Gasteiger partial charge in [0.1, 0.15) is 11.5 Å². The fourth-order valence-electron chi connectivity index (χ4n) is 4.00. The molecule has 0 aliphatic carbocycles. The Labute approximate surface area is 183 Å². The van der Waals surface area contributed by atoms with Crippen LogP contribution in [0.1, 0.15) is 22.6 Å². The molecule has 4 heteroatoms. The number of fused-ring (bicyclic) bond motifs is 1. The first-order chi connectivity index (χ1) is 14.8. The number of anilines is 2. The predicted octanol–water partition coefficient (Wildman–Crippen LogP) is 5.56. The lowest BCUT2D eigenvalue weighted by atomic mass is 9.83. The van der Waals surface area contributed by atoms with Crippen molar-refractivity contribution in [3.8, 4) is 11.5 Å². The van der Waals surface area contributed by atoms with E-state index >= 15 is 0 Å². The van der Waals surface area contributed by atoms with Crippen LogP contribution in [0.3, 0.4) is 0 Å². The average Bonchev–Trinajstić information content (AvgIpc) is 2.75. The molecule has 0 bridgehead atoms. The first-order valence-electron chi connectivity index (χ1n) is 10.3. The first-order valence-corrected chi connectivity index (χ1v) is 10.3. The van der Waals surface area contributed by atoms with Crippen LogP contribution in [0.5, 0.6) is 11.5 Å². The van der Waals surface area contributed by atoms with Crippen molar-refractivity contribution in [3.05, 3.63) is 95.6 Å². The van der Waals surface area contributed by atoms with E-state index in [9.17, 15) is 10.2 Å². The number of benzene rings is 4. The lowest BCUT2D eigenvalue weighted by molar-refractivity contribution is 0.468. The van der Waals surface area contributed by atoms with Gasteiger partial charge in [0.2, 0.25) is 0 Å². The molecule has 31 heavy (non-hydrogen) atoms. The molecule has 0 saturated heterocycles. The fraction of sp³-hybridized carbons (Fsp3) is 0.185. The Bertz CT molecular complexity index is 1150. The minimum absolute atomic E-state index is 0.120. The second-order valence-corrected chi connectivity index (χ2v) is 8.35. The maximum absolute atomic E-state index is 11.0.